The van der Waals surface area contributed by atoms with E-state index in [0.717, 1.165) is 25.1 Å². The van der Waals surface area contributed by atoms with Gasteiger partial charge in [-0.2, -0.15) is 0 Å². The van der Waals surface area contributed by atoms with Crippen LogP contribution in [0.5, 0.6) is 0 Å². The van der Waals surface area contributed by atoms with Gasteiger partial charge in [0.25, 0.3) is 0 Å². The standard InChI is InChI=1S/C15H18N4O2/c20-14(21)6-3-9-19-15(16-17-18-19)13-8-7-11-4-1-2-5-12(11)10-13/h1-2,4-5,13H,3,6-10H2,(H,20,21). The highest BCUT2D eigenvalue weighted by atomic mass is 16.4. The summed E-state index contributed by atoms with van der Waals surface area (Å²) < 4.78 is 1.77. The third-order valence-corrected chi connectivity index (χ3v) is 4.03. The Morgan fingerprint density at radius 3 is 2.95 bits per heavy atom. The van der Waals surface area contributed by atoms with Crippen LogP contribution in [0.2, 0.25) is 0 Å². The lowest BCUT2D eigenvalue weighted by molar-refractivity contribution is -0.137. The molecule has 0 aliphatic heterocycles. The number of nitrogens with zero attached hydrogens (tertiary/aromatic N) is 4. The van der Waals surface area contributed by atoms with Crippen LogP contribution in [0.15, 0.2) is 24.3 Å². The quantitative estimate of drug-likeness (QED) is 0.906. The molecule has 6 heteroatoms. The van der Waals surface area contributed by atoms with Crippen LogP contribution in [0, 0.1) is 0 Å². The molecule has 0 radical (unpaired) electrons. The molecule has 1 heterocycles. The number of aromatic nitrogens is 4. The second-order valence-electron chi connectivity index (χ2n) is 5.47. The van der Waals surface area contributed by atoms with Gasteiger partial charge in [-0.1, -0.05) is 24.3 Å². The third kappa shape index (κ3) is 3.09. The molecule has 0 saturated carbocycles. The van der Waals surface area contributed by atoms with Crippen molar-refractivity contribution in [3.05, 3.63) is 41.2 Å². The van der Waals surface area contributed by atoms with E-state index in [-0.39, 0.29) is 6.42 Å². The molecule has 1 unspecified atom stereocenters. The van der Waals surface area contributed by atoms with Gasteiger partial charge in [-0.25, -0.2) is 4.68 Å². The van der Waals surface area contributed by atoms with Crippen molar-refractivity contribution in [2.24, 2.45) is 0 Å². The minimum atomic E-state index is -0.781. The number of carbonyl (C=O) groups is 1. The van der Waals surface area contributed by atoms with Crippen LogP contribution < -0.4 is 0 Å². The first-order valence-electron chi connectivity index (χ1n) is 7.28. The Bertz CT molecular complexity index is 638. The van der Waals surface area contributed by atoms with E-state index in [4.69, 9.17) is 5.11 Å². The molecule has 21 heavy (non-hydrogen) atoms. The van der Waals surface area contributed by atoms with Gasteiger partial charge in [0.15, 0.2) is 5.82 Å². The summed E-state index contributed by atoms with van der Waals surface area (Å²) in [7, 11) is 0. The predicted octanol–water partition coefficient (Wildman–Crippen LogP) is 1.81. The lowest BCUT2D eigenvalue weighted by atomic mass is 9.83. The van der Waals surface area contributed by atoms with Crippen LogP contribution in [0.4, 0.5) is 0 Å². The van der Waals surface area contributed by atoms with Crippen molar-refractivity contribution in [1.29, 1.82) is 0 Å². The van der Waals surface area contributed by atoms with E-state index in [9.17, 15) is 4.79 Å². The number of tetrazole rings is 1. The molecule has 3 rings (SSSR count). The Balaban J connectivity index is 1.71. The topological polar surface area (TPSA) is 80.9 Å². The molecule has 110 valence electrons. The highest BCUT2D eigenvalue weighted by Crippen LogP contribution is 2.31. The molecule has 0 amide bonds. The summed E-state index contributed by atoms with van der Waals surface area (Å²) in [6.07, 6.45) is 3.73. The number of fused-ring (bicyclic) bond motifs is 1. The SMILES string of the molecule is O=C(O)CCCn1nnnc1C1CCc2ccccc2C1. The van der Waals surface area contributed by atoms with Crippen LogP contribution >= 0.6 is 0 Å². The van der Waals surface area contributed by atoms with Gasteiger partial charge in [0.2, 0.25) is 0 Å². The molecule has 6 nitrogen and oxygen atoms in total. The van der Waals surface area contributed by atoms with E-state index in [1.807, 2.05) is 0 Å². The highest BCUT2D eigenvalue weighted by molar-refractivity contribution is 5.66. The van der Waals surface area contributed by atoms with Crippen molar-refractivity contribution in [3.8, 4) is 0 Å². The number of aliphatic carboxylic acids is 1. The maximum Gasteiger partial charge on any atom is 0.303 e. The first-order chi connectivity index (χ1) is 10.2. The monoisotopic (exact) mass is 286 g/mol. The molecule has 0 fully saturated rings. The maximum atomic E-state index is 10.6. The van der Waals surface area contributed by atoms with Crippen LogP contribution in [-0.4, -0.2) is 31.3 Å². The number of rotatable bonds is 5. The van der Waals surface area contributed by atoms with E-state index in [2.05, 4.69) is 39.8 Å². The second kappa shape index (κ2) is 6.03. The summed E-state index contributed by atoms with van der Waals surface area (Å²) in [5, 5.41) is 20.6. The number of benzene rings is 1. The first-order valence-corrected chi connectivity index (χ1v) is 7.28. The Labute approximate surface area is 122 Å². The van der Waals surface area contributed by atoms with Crippen LogP contribution in [0.25, 0.3) is 0 Å². The van der Waals surface area contributed by atoms with Crippen LogP contribution in [-0.2, 0) is 24.2 Å². The molecule has 1 aliphatic carbocycles. The molecule has 0 saturated heterocycles. The summed E-state index contributed by atoms with van der Waals surface area (Å²) in [5.41, 5.74) is 2.78. The summed E-state index contributed by atoms with van der Waals surface area (Å²) in [6, 6.07) is 8.49. The number of carboxylic acids is 1. The number of hydrogen-bond donors (Lipinski definition) is 1. The molecule has 1 aliphatic rings. The van der Waals surface area contributed by atoms with Crippen LogP contribution in [0.3, 0.4) is 0 Å². The average Bonchev–Trinajstić information content (AvgIpc) is 2.95. The maximum absolute atomic E-state index is 10.6. The van der Waals surface area contributed by atoms with Gasteiger partial charge in [0.05, 0.1) is 0 Å². The predicted molar refractivity (Wildman–Crippen MR) is 75.9 cm³/mol. The van der Waals surface area contributed by atoms with Crippen molar-refractivity contribution in [3.63, 3.8) is 0 Å². The molecular formula is C15H18N4O2. The van der Waals surface area contributed by atoms with Gasteiger partial charge in [-0.15, -0.1) is 5.10 Å². The summed E-state index contributed by atoms with van der Waals surface area (Å²) >= 11 is 0. The van der Waals surface area contributed by atoms with Crippen molar-refractivity contribution in [2.45, 2.75) is 44.6 Å². The Morgan fingerprint density at radius 1 is 1.33 bits per heavy atom. The normalized spacial score (nSPS) is 17.4. The molecule has 1 atom stereocenters. The van der Waals surface area contributed by atoms with Crippen LogP contribution in [0.1, 0.15) is 42.1 Å². The minimum Gasteiger partial charge on any atom is -0.481 e. The Hall–Kier alpha value is -2.24. The smallest absolute Gasteiger partial charge is 0.303 e. The zero-order valence-electron chi connectivity index (χ0n) is 11.8. The highest BCUT2D eigenvalue weighted by Gasteiger charge is 2.24. The Morgan fingerprint density at radius 2 is 2.14 bits per heavy atom. The molecule has 1 N–H and O–H groups in total. The third-order valence-electron chi connectivity index (χ3n) is 4.03. The molecule has 1 aromatic heterocycles. The van der Waals surface area contributed by atoms with Crippen molar-refractivity contribution in [2.75, 3.05) is 0 Å². The van der Waals surface area contributed by atoms with Gasteiger partial charge < -0.3 is 5.11 Å². The fourth-order valence-corrected chi connectivity index (χ4v) is 2.96. The lowest BCUT2D eigenvalue weighted by Gasteiger charge is -2.23. The molecule has 0 spiro atoms. The minimum absolute atomic E-state index is 0.146. The van der Waals surface area contributed by atoms with Crippen molar-refractivity contribution >= 4 is 5.97 Å². The van der Waals surface area contributed by atoms with E-state index in [1.165, 1.54) is 11.1 Å². The zero-order chi connectivity index (χ0) is 14.7. The van der Waals surface area contributed by atoms with Gasteiger partial charge >= 0.3 is 5.97 Å². The van der Waals surface area contributed by atoms with E-state index in [1.54, 1.807) is 4.68 Å². The van der Waals surface area contributed by atoms with Gasteiger partial charge in [-0.05, 0) is 47.2 Å². The number of aryl methyl sites for hydroxylation is 2. The van der Waals surface area contributed by atoms with Crippen molar-refractivity contribution in [1.82, 2.24) is 20.2 Å². The van der Waals surface area contributed by atoms with Gasteiger partial charge in [-0.3, -0.25) is 4.79 Å². The summed E-state index contributed by atoms with van der Waals surface area (Å²) in [4.78, 5) is 10.6. The Kier molecular flexibility index (Phi) is 3.94. The van der Waals surface area contributed by atoms with E-state index < -0.39 is 5.97 Å². The largest absolute Gasteiger partial charge is 0.481 e. The fraction of sp³-hybridized carbons (Fsp3) is 0.467. The summed E-state index contributed by atoms with van der Waals surface area (Å²) in [6.45, 7) is 0.562. The lowest BCUT2D eigenvalue weighted by Crippen LogP contribution is -2.18. The van der Waals surface area contributed by atoms with E-state index in [0.29, 0.717) is 18.9 Å². The molecule has 2 aromatic rings. The van der Waals surface area contributed by atoms with Crippen molar-refractivity contribution < 1.29 is 9.90 Å². The molecule has 0 bridgehead atoms. The molecule has 1 aromatic carbocycles. The fourth-order valence-electron chi connectivity index (χ4n) is 2.96. The van der Waals surface area contributed by atoms with Gasteiger partial charge in [0, 0.05) is 18.9 Å². The zero-order valence-corrected chi connectivity index (χ0v) is 11.8. The molecular weight excluding hydrogens is 268 g/mol. The number of hydrogen-bond acceptors (Lipinski definition) is 4. The average molecular weight is 286 g/mol. The number of carboxylic acid groups (broad SMARTS) is 1. The first kappa shape index (κ1) is 13.7. The summed E-state index contributed by atoms with van der Waals surface area (Å²) in [5.74, 6) is 0.422. The van der Waals surface area contributed by atoms with Gasteiger partial charge in [0.1, 0.15) is 0 Å². The van der Waals surface area contributed by atoms with E-state index >= 15 is 0 Å². The second-order valence-corrected chi connectivity index (χ2v) is 5.47.